The molecule has 0 amide bonds. The molecule has 0 aromatic heterocycles. The molecule has 0 fully saturated rings. The van der Waals surface area contributed by atoms with E-state index >= 15 is 0 Å². The molecule has 0 saturated heterocycles. The number of rotatable bonds is 0. The van der Waals surface area contributed by atoms with E-state index in [9.17, 15) is 0 Å². The van der Waals surface area contributed by atoms with Crippen LogP contribution in [0.5, 0.6) is 0 Å². The van der Waals surface area contributed by atoms with E-state index in [0.29, 0.717) is 0 Å². The third-order valence-corrected chi connectivity index (χ3v) is 7.49. The van der Waals surface area contributed by atoms with Gasteiger partial charge in [-0.2, -0.15) is 0 Å². The third kappa shape index (κ3) is 1.79. The van der Waals surface area contributed by atoms with Crippen LogP contribution in [-0.4, -0.2) is 0 Å². The summed E-state index contributed by atoms with van der Waals surface area (Å²) >= 11 is 0. The predicted molar refractivity (Wildman–Crippen MR) is 124 cm³/mol. The molecule has 142 valence electrons. The molecule has 0 aliphatic heterocycles. The number of benzene rings is 4. The number of hydrogen-bond donors (Lipinski definition) is 0. The highest BCUT2D eigenvalue weighted by Gasteiger charge is 2.53. The zero-order chi connectivity index (χ0) is 19.9. The maximum atomic E-state index is 2.45. The van der Waals surface area contributed by atoms with Gasteiger partial charge in [0.15, 0.2) is 0 Å². The molecule has 7 rings (SSSR count). The van der Waals surface area contributed by atoms with Crippen molar-refractivity contribution in [3.63, 3.8) is 0 Å². The molecule has 0 heterocycles. The molecule has 1 spiro atoms. The Morgan fingerprint density at radius 1 is 0.567 bits per heavy atom. The Morgan fingerprint density at radius 3 is 2.03 bits per heavy atom. The lowest BCUT2D eigenvalue weighted by atomic mass is 9.67. The number of fused-ring (bicyclic) bond motifs is 11. The summed E-state index contributed by atoms with van der Waals surface area (Å²) < 4.78 is 0. The van der Waals surface area contributed by atoms with Gasteiger partial charge in [-0.25, -0.2) is 0 Å². The van der Waals surface area contributed by atoms with Crippen molar-refractivity contribution in [3.8, 4) is 11.1 Å². The summed E-state index contributed by atoms with van der Waals surface area (Å²) in [5.74, 6) is 0. The number of hydrogen-bond acceptors (Lipinski definition) is 0. The highest BCUT2D eigenvalue weighted by atomic mass is 14.5. The molecule has 0 N–H and O–H groups in total. The molecule has 4 aromatic rings. The van der Waals surface area contributed by atoms with Crippen LogP contribution in [0.15, 0.2) is 96.6 Å². The van der Waals surface area contributed by atoms with Gasteiger partial charge in [0, 0.05) is 0 Å². The fourth-order valence-electron chi connectivity index (χ4n) is 6.41. The largest absolute Gasteiger partial charge is 0.0688 e. The van der Waals surface area contributed by atoms with E-state index in [1.54, 1.807) is 5.57 Å². The lowest BCUT2D eigenvalue weighted by Crippen LogP contribution is -2.28. The first-order valence-corrected chi connectivity index (χ1v) is 10.9. The van der Waals surface area contributed by atoms with E-state index in [1.165, 1.54) is 55.6 Å². The molecular weight excluding hydrogens is 360 g/mol. The normalized spacial score (nSPS) is 19.9. The second kappa shape index (κ2) is 5.61. The molecule has 3 aliphatic carbocycles. The van der Waals surface area contributed by atoms with E-state index in [4.69, 9.17) is 0 Å². The molecular formula is C30H22. The zero-order valence-corrected chi connectivity index (χ0v) is 17.1. The minimum atomic E-state index is -0.155. The van der Waals surface area contributed by atoms with Gasteiger partial charge in [-0.3, -0.25) is 0 Å². The van der Waals surface area contributed by atoms with E-state index in [-0.39, 0.29) is 5.41 Å². The standard InChI is InChI=1S/C30H22/c1-19-14-16-23-22-10-4-6-12-25(22)30(28(23)18-19)26-13-7-5-11-24(26)29-21-9-3-2-8-20(21)15-17-27(29)30/h2-14,16,18H,15,17H2,1H3. The highest BCUT2D eigenvalue weighted by Crippen LogP contribution is 2.64. The summed E-state index contributed by atoms with van der Waals surface area (Å²) in [6.07, 6.45) is 2.23. The highest BCUT2D eigenvalue weighted by molar-refractivity contribution is 5.99. The lowest BCUT2D eigenvalue weighted by molar-refractivity contribution is 0.706. The zero-order valence-electron chi connectivity index (χ0n) is 17.1. The van der Waals surface area contributed by atoms with Crippen LogP contribution >= 0.6 is 0 Å². The second-order valence-electron chi connectivity index (χ2n) is 8.90. The van der Waals surface area contributed by atoms with Crippen LogP contribution in [0.2, 0.25) is 0 Å². The van der Waals surface area contributed by atoms with Crippen molar-refractivity contribution < 1.29 is 0 Å². The fraction of sp³-hybridized carbons (Fsp3) is 0.133. The van der Waals surface area contributed by atoms with Crippen LogP contribution in [0.1, 0.15) is 45.4 Å². The summed E-state index contributed by atoms with van der Waals surface area (Å²) in [5, 5.41) is 0. The Morgan fingerprint density at radius 2 is 1.20 bits per heavy atom. The van der Waals surface area contributed by atoms with Gasteiger partial charge in [0.05, 0.1) is 5.41 Å². The maximum Gasteiger partial charge on any atom is 0.0688 e. The van der Waals surface area contributed by atoms with Crippen LogP contribution in [-0.2, 0) is 11.8 Å². The van der Waals surface area contributed by atoms with Gasteiger partial charge in [-0.05, 0) is 75.4 Å². The minimum absolute atomic E-state index is 0.155. The van der Waals surface area contributed by atoms with Crippen LogP contribution < -0.4 is 0 Å². The molecule has 0 bridgehead atoms. The quantitative estimate of drug-likeness (QED) is 0.305. The average molecular weight is 383 g/mol. The van der Waals surface area contributed by atoms with Crippen molar-refractivity contribution >= 4 is 5.57 Å². The lowest BCUT2D eigenvalue weighted by Gasteiger charge is -2.34. The molecule has 0 nitrogen and oxygen atoms in total. The SMILES string of the molecule is Cc1ccc2c(c1)C1(C3=C(c4ccccc4CC3)c3ccccc31)c1ccccc1-2. The van der Waals surface area contributed by atoms with Crippen molar-refractivity contribution in [2.24, 2.45) is 0 Å². The molecule has 0 radical (unpaired) electrons. The van der Waals surface area contributed by atoms with E-state index < -0.39 is 0 Å². The van der Waals surface area contributed by atoms with Gasteiger partial charge >= 0.3 is 0 Å². The summed E-state index contributed by atoms with van der Waals surface area (Å²) in [6.45, 7) is 2.23. The maximum absolute atomic E-state index is 2.45. The van der Waals surface area contributed by atoms with E-state index in [0.717, 1.165) is 12.8 Å². The Bertz CT molecular complexity index is 1400. The molecule has 3 aliphatic rings. The average Bonchev–Trinajstić information content (AvgIpc) is 3.26. The molecule has 1 unspecified atom stereocenters. The first-order chi connectivity index (χ1) is 14.8. The van der Waals surface area contributed by atoms with Crippen LogP contribution in [0.4, 0.5) is 0 Å². The summed E-state index contributed by atoms with van der Waals surface area (Å²) in [5.41, 5.74) is 15.8. The van der Waals surface area contributed by atoms with Crippen molar-refractivity contribution in [2.75, 3.05) is 0 Å². The van der Waals surface area contributed by atoms with Crippen molar-refractivity contribution in [1.29, 1.82) is 0 Å². The number of aryl methyl sites for hydroxylation is 2. The Kier molecular flexibility index (Phi) is 3.07. The second-order valence-corrected chi connectivity index (χ2v) is 8.90. The Hall–Kier alpha value is -3.38. The topological polar surface area (TPSA) is 0 Å². The summed E-state index contributed by atoms with van der Waals surface area (Å²) in [7, 11) is 0. The van der Waals surface area contributed by atoms with Gasteiger partial charge < -0.3 is 0 Å². The molecule has 0 saturated carbocycles. The minimum Gasteiger partial charge on any atom is -0.0620 e. The molecule has 30 heavy (non-hydrogen) atoms. The van der Waals surface area contributed by atoms with Gasteiger partial charge in [-0.15, -0.1) is 0 Å². The number of allylic oxidation sites excluding steroid dienone is 1. The van der Waals surface area contributed by atoms with Crippen molar-refractivity contribution in [1.82, 2.24) is 0 Å². The van der Waals surface area contributed by atoms with Crippen LogP contribution in [0.3, 0.4) is 0 Å². The van der Waals surface area contributed by atoms with Crippen molar-refractivity contribution in [3.05, 3.63) is 136 Å². The molecule has 1 atom stereocenters. The Labute approximate surface area is 177 Å². The van der Waals surface area contributed by atoms with Gasteiger partial charge in [0.2, 0.25) is 0 Å². The summed E-state index contributed by atoms with van der Waals surface area (Å²) in [6, 6.07) is 34.3. The Balaban J connectivity index is 1.70. The smallest absolute Gasteiger partial charge is 0.0620 e. The third-order valence-electron chi connectivity index (χ3n) is 7.49. The first-order valence-electron chi connectivity index (χ1n) is 10.9. The molecule has 0 heteroatoms. The van der Waals surface area contributed by atoms with Gasteiger partial charge in [0.1, 0.15) is 0 Å². The van der Waals surface area contributed by atoms with E-state index in [1.807, 2.05) is 0 Å². The van der Waals surface area contributed by atoms with E-state index in [2.05, 4.69) is 97.9 Å². The van der Waals surface area contributed by atoms with Crippen molar-refractivity contribution in [2.45, 2.75) is 25.2 Å². The monoisotopic (exact) mass is 382 g/mol. The first kappa shape index (κ1) is 16.4. The van der Waals surface area contributed by atoms with Gasteiger partial charge in [0.25, 0.3) is 0 Å². The van der Waals surface area contributed by atoms with Crippen LogP contribution in [0.25, 0.3) is 16.7 Å². The summed E-state index contributed by atoms with van der Waals surface area (Å²) in [4.78, 5) is 0. The fourth-order valence-corrected chi connectivity index (χ4v) is 6.41. The van der Waals surface area contributed by atoms with Gasteiger partial charge in [-0.1, -0.05) is 96.6 Å². The predicted octanol–water partition coefficient (Wildman–Crippen LogP) is 7.07. The molecule has 4 aromatic carbocycles. The van der Waals surface area contributed by atoms with Crippen LogP contribution in [0, 0.1) is 6.92 Å².